The molecular weight excluding hydrogens is 178 g/mol. The summed E-state index contributed by atoms with van der Waals surface area (Å²) in [5, 5.41) is 12.3. The van der Waals surface area contributed by atoms with Crippen molar-refractivity contribution in [2.24, 2.45) is 11.3 Å². The Morgan fingerprint density at radius 1 is 1.43 bits per heavy atom. The lowest BCUT2D eigenvalue weighted by atomic mass is 9.87. The van der Waals surface area contributed by atoms with Crippen LogP contribution in [0.5, 0.6) is 0 Å². The maximum Gasteiger partial charge on any atom is 0.320 e. The Bertz CT molecular complexity index is 216. The van der Waals surface area contributed by atoms with Gasteiger partial charge in [0.1, 0.15) is 6.04 Å². The Morgan fingerprint density at radius 3 is 2.21 bits per heavy atom. The molecule has 82 valence electrons. The van der Waals surface area contributed by atoms with Crippen LogP contribution in [0.25, 0.3) is 0 Å². The summed E-state index contributed by atoms with van der Waals surface area (Å²) in [6, 6.07) is -0.117. The van der Waals surface area contributed by atoms with Gasteiger partial charge >= 0.3 is 5.97 Å². The molecule has 3 heteroatoms. The van der Waals surface area contributed by atoms with E-state index in [4.69, 9.17) is 5.11 Å². The van der Waals surface area contributed by atoms with Crippen LogP contribution in [-0.2, 0) is 4.79 Å². The summed E-state index contributed by atoms with van der Waals surface area (Å²) in [4.78, 5) is 11.0. The molecule has 2 unspecified atom stereocenters. The Balaban J connectivity index is 2.51. The summed E-state index contributed by atoms with van der Waals surface area (Å²) < 4.78 is 0. The van der Waals surface area contributed by atoms with Gasteiger partial charge in [-0.25, -0.2) is 0 Å². The van der Waals surface area contributed by atoms with E-state index >= 15 is 0 Å². The van der Waals surface area contributed by atoms with Crippen molar-refractivity contribution in [3.63, 3.8) is 0 Å². The second-order valence-corrected chi connectivity index (χ2v) is 5.41. The van der Waals surface area contributed by atoms with Crippen LogP contribution in [0.15, 0.2) is 0 Å². The molecular formula is C11H21NO2. The highest BCUT2D eigenvalue weighted by atomic mass is 16.4. The standard InChI is InChI=1S/C11H21NO2/c1-7(11(2,3)4)12-9(10(13)14)8-5-6-8/h7-9,12H,5-6H2,1-4H3,(H,13,14). The summed E-state index contributed by atoms with van der Waals surface area (Å²) in [7, 11) is 0. The van der Waals surface area contributed by atoms with Crippen molar-refractivity contribution in [1.29, 1.82) is 0 Å². The molecule has 2 atom stereocenters. The molecule has 14 heavy (non-hydrogen) atoms. The number of hydrogen-bond donors (Lipinski definition) is 2. The fraction of sp³-hybridized carbons (Fsp3) is 0.909. The van der Waals surface area contributed by atoms with E-state index in [0.29, 0.717) is 5.92 Å². The number of carboxylic acids is 1. The average Bonchev–Trinajstić information content (AvgIpc) is 2.79. The van der Waals surface area contributed by atoms with Crippen molar-refractivity contribution in [1.82, 2.24) is 5.32 Å². The normalized spacial score (nSPS) is 21.7. The first-order valence-corrected chi connectivity index (χ1v) is 5.31. The smallest absolute Gasteiger partial charge is 0.320 e. The van der Waals surface area contributed by atoms with Crippen molar-refractivity contribution in [3.8, 4) is 0 Å². The molecule has 0 spiro atoms. The van der Waals surface area contributed by atoms with Crippen LogP contribution >= 0.6 is 0 Å². The first-order valence-electron chi connectivity index (χ1n) is 5.31. The van der Waals surface area contributed by atoms with Crippen LogP contribution in [0.3, 0.4) is 0 Å². The van der Waals surface area contributed by atoms with Crippen molar-refractivity contribution < 1.29 is 9.90 Å². The van der Waals surface area contributed by atoms with E-state index in [1.165, 1.54) is 0 Å². The van der Waals surface area contributed by atoms with E-state index in [0.717, 1.165) is 12.8 Å². The fourth-order valence-corrected chi connectivity index (χ4v) is 1.36. The highest BCUT2D eigenvalue weighted by molar-refractivity contribution is 5.74. The van der Waals surface area contributed by atoms with Gasteiger partial charge in [0, 0.05) is 6.04 Å². The van der Waals surface area contributed by atoms with E-state index < -0.39 is 5.97 Å². The van der Waals surface area contributed by atoms with E-state index in [1.807, 2.05) is 0 Å². The number of carbonyl (C=O) groups is 1. The van der Waals surface area contributed by atoms with Crippen LogP contribution in [0, 0.1) is 11.3 Å². The number of nitrogens with one attached hydrogen (secondary N) is 1. The van der Waals surface area contributed by atoms with Gasteiger partial charge in [0.25, 0.3) is 0 Å². The number of hydrogen-bond acceptors (Lipinski definition) is 2. The molecule has 0 radical (unpaired) electrons. The second kappa shape index (κ2) is 3.89. The minimum absolute atomic E-state index is 0.114. The van der Waals surface area contributed by atoms with E-state index in [-0.39, 0.29) is 17.5 Å². The van der Waals surface area contributed by atoms with Crippen LogP contribution < -0.4 is 5.32 Å². The predicted molar refractivity (Wildman–Crippen MR) is 56.2 cm³/mol. The molecule has 0 bridgehead atoms. The lowest BCUT2D eigenvalue weighted by molar-refractivity contribution is -0.140. The SMILES string of the molecule is CC(NC(C(=O)O)C1CC1)C(C)(C)C. The van der Waals surface area contributed by atoms with Gasteiger partial charge < -0.3 is 10.4 Å². The van der Waals surface area contributed by atoms with Crippen molar-refractivity contribution in [2.45, 2.75) is 52.6 Å². The Kier molecular flexibility index (Phi) is 3.20. The van der Waals surface area contributed by atoms with E-state index in [1.54, 1.807) is 0 Å². The van der Waals surface area contributed by atoms with Gasteiger partial charge in [0.15, 0.2) is 0 Å². The zero-order valence-electron chi connectivity index (χ0n) is 9.50. The molecule has 0 heterocycles. The molecule has 1 aliphatic carbocycles. The summed E-state index contributed by atoms with van der Waals surface area (Å²) in [5.74, 6) is -0.346. The molecule has 0 amide bonds. The average molecular weight is 199 g/mol. The predicted octanol–water partition coefficient (Wildman–Crippen LogP) is 1.87. The van der Waals surface area contributed by atoms with Gasteiger partial charge in [-0.15, -0.1) is 0 Å². The third-order valence-corrected chi connectivity index (χ3v) is 3.09. The first kappa shape index (κ1) is 11.5. The van der Waals surface area contributed by atoms with Gasteiger partial charge in [-0.1, -0.05) is 20.8 Å². The molecule has 3 nitrogen and oxygen atoms in total. The summed E-state index contributed by atoms with van der Waals surface area (Å²) >= 11 is 0. The third-order valence-electron chi connectivity index (χ3n) is 3.09. The zero-order chi connectivity index (χ0) is 10.9. The minimum atomic E-state index is -0.705. The van der Waals surface area contributed by atoms with Gasteiger partial charge in [-0.2, -0.15) is 0 Å². The topological polar surface area (TPSA) is 49.3 Å². The molecule has 0 aromatic rings. The highest BCUT2D eigenvalue weighted by Crippen LogP contribution is 2.33. The monoisotopic (exact) mass is 199 g/mol. The molecule has 0 aromatic heterocycles. The molecule has 2 N–H and O–H groups in total. The summed E-state index contributed by atoms with van der Waals surface area (Å²) in [6.07, 6.45) is 2.11. The molecule has 1 aliphatic rings. The lowest BCUT2D eigenvalue weighted by Gasteiger charge is -2.31. The first-order chi connectivity index (χ1) is 6.32. The van der Waals surface area contributed by atoms with Crippen molar-refractivity contribution in [2.75, 3.05) is 0 Å². The fourth-order valence-electron chi connectivity index (χ4n) is 1.36. The van der Waals surface area contributed by atoms with Crippen LogP contribution in [-0.4, -0.2) is 23.2 Å². The zero-order valence-corrected chi connectivity index (χ0v) is 9.50. The van der Waals surface area contributed by atoms with Crippen molar-refractivity contribution >= 4 is 5.97 Å². The van der Waals surface area contributed by atoms with Crippen LogP contribution in [0.2, 0.25) is 0 Å². The Hall–Kier alpha value is -0.570. The molecule has 0 aromatic carbocycles. The molecule has 0 saturated heterocycles. The highest BCUT2D eigenvalue weighted by Gasteiger charge is 2.38. The second-order valence-electron chi connectivity index (χ2n) is 5.41. The lowest BCUT2D eigenvalue weighted by Crippen LogP contribution is -2.48. The summed E-state index contributed by atoms with van der Waals surface area (Å²) in [5.41, 5.74) is 0.114. The Labute approximate surface area is 85.9 Å². The van der Waals surface area contributed by atoms with E-state index in [2.05, 4.69) is 33.0 Å². The van der Waals surface area contributed by atoms with Crippen LogP contribution in [0.1, 0.15) is 40.5 Å². The number of rotatable bonds is 4. The van der Waals surface area contributed by atoms with Gasteiger partial charge in [-0.3, -0.25) is 4.79 Å². The van der Waals surface area contributed by atoms with Gasteiger partial charge in [-0.05, 0) is 31.1 Å². The maximum atomic E-state index is 11.0. The Morgan fingerprint density at radius 2 is 1.93 bits per heavy atom. The van der Waals surface area contributed by atoms with E-state index in [9.17, 15) is 4.79 Å². The molecule has 0 aliphatic heterocycles. The maximum absolute atomic E-state index is 11.0. The van der Waals surface area contributed by atoms with Crippen LogP contribution in [0.4, 0.5) is 0 Å². The van der Waals surface area contributed by atoms with Crippen molar-refractivity contribution in [3.05, 3.63) is 0 Å². The molecule has 1 saturated carbocycles. The molecule has 1 fully saturated rings. The third kappa shape index (κ3) is 2.98. The molecule has 1 rings (SSSR count). The largest absolute Gasteiger partial charge is 0.480 e. The number of carboxylic acid groups (broad SMARTS) is 1. The van der Waals surface area contributed by atoms with Gasteiger partial charge in [0.05, 0.1) is 0 Å². The summed E-state index contributed by atoms with van der Waals surface area (Å²) in [6.45, 7) is 8.42. The quantitative estimate of drug-likeness (QED) is 0.726. The van der Waals surface area contributed by atoms with Gasteiger partial charge in [0.2, 0.25) is 0 Å². The minimum Gasteiger partial charge on any atom is -0.480 e. The number of aliphatic carboxylic acids is 1.